The normalized spacial score (nSPS) is 21.2. The second-order valence-corrected chi connectivity index (χ2v) is 10.8. The Morgan fingerprint density at radius 3 is 2.09 bits per heavy atom. The first-order valence-corrected chi connectivity index (χ1v) is 14.6. The van der Waals surface area contributed by atoms with Crippen LogP contribution in [-0.4, -0.2) is 83.6 Å². The van der Waals surface area contributed by atoms with E-state index in [0.717, 1.165) is 17.3 Å². The van der Waals surface area contributed by atoms with E-state index in [-0.39, 0.29) is 13.2 Å². The molecule has 5 atom stereocenters. The van der Waals surface area contributed by atoms with Gasteiger partial charge < -0.3 is 37.7 Å². The molecule has 0 N–H and O–H groups in total. The molecule has 14 heteroatoms. The Balaban J connectivity index is 1.69. The molecule has 1 fully saturated rings. The van der Waals surface area contributed by atoms with Crippen molar-refractivity contribution in [3.63, 3.8) is 0 Å². The summed E-state index contributed by atoms with van der Waals surface area (Å²) in [5, 5.41) is 0.482. The number of ether oxygens (including phenoxy) is 7. The summed E-state index contributed by atoms with van der Waals surface area (Å²) < 4.78 is 41.4. The number of fused-ring (bicyclic) bond motifs is 1. The van der Waals surface area contributed by atoms with Crippen molar-refractivity contribution in [3.05, 3.63) is 48.5 Å². The van der Waals surface area contributed by atoms with Crippen LogP contribution in [0.4, 0.5) is 0 Å². The Morgan fingerprint density at radius 1 is 0.818 bits per heavy atom. The van der Waals surface area contributed by atoms with Gasteiger partial charge in [0.1, 0.15) is 19.3 Å². The molecule has 13 nitrogen and oxygen atoms in total. The number of esters is 4. The third-order valence-electron chi connectivity index (χ3n) is 6.43. The minimum Gasteiger partial charge on any atom is -0.493 e. The Labute approximate surface area is 258 Å². The van der Waals surface area contributed by atoms with Crippen molar-refractivity contribution < 1.29 is 52.3 Å². The summed E-state index contributed by atoms with van der Waals surface area (Å²) in [4.78, 5) is 52.9. The van der Waals surface area contributed by atoms with Crippen LogP contribution in [0.15, 0.2) is 53.7 Å². The first-order valence-electron chi connectivity index (χ1n) is 13.8. The fourth-order valence-corrected chi connectivity index (χ4v) is 5.95. The van der Waals surface area contributed by atoms with Gasteiger partial charge in [0.2, 0.25) is 0 Å². The Bertz CT molecular complexity index is 1490. The molecule has 0 bridgehead atoms. The fraction of sp³-hybridized carbons (Fsp3) is 0.433. The zero-order valence-corrected chi connectivity index (χ0v) is 25.7. The van der Waals surface area contributed by atoms with Crippen molar-refractivity contribution in [1.29, 1.82) is 0 Å². The number of para-hydroxylation sites is 4. The monoisotopic (exact) mass is 630 g/mol. The van der Waals surface area contributed by atoms with Crippen LogP contribution >= 0.6 is 11.8 Å². The molecule has 5 unspecified atom stereocenters. The lowest BCUT2D eigenvalue weighted by molar-refractivity contribution is -0.237. The summed E-state index contributed by atoms with van der Waals surface area (Å²) in [5.74, 6) is -1.51. The van der Waals surface area contributed by atoms with Crippen LogP contribution in [-0.2, 0) is 49.4 Å². The van der Waals surface area contributed by atoms with E-state index < -0.39 is 53.7 Å². The van der Waals surface area contributed by atoms with Crippen molar-refractivity contribution in [1.82, 2.24) is 9.55 Å². The molecule has 0 spiro atoms. The number of hydrogen-bond acceptors (Lipinski definition) is 13. The molecule has 236 valence electrons. The minimum absolute atomic E-state index is 0.257. The van der Waals surface area contributed by atoms with Crippen LogP contribution in [0.2, 0.25) is 0 Å². The fourth-order valence-electron chi connectivity index (χ4n) is 4.73. The van der Waals surface area contributed by atoms with E-state index in [1.165, 1.54) is 27.7 Å². The summed E-state index contributed by atoms with van der Waals surface area (Å²) in [7, 11) is 1.56. The van der Waals surface area contributed by atoms with Gasteiger partial charge in [-0.15, -0.1) is 0 Å². The molecule has 0 radical (unpaired) electrons. The van der Waals surface area contributed by atoms with Crippen LogP contribution in [0.5, 0.6) is 11.5 Å². The highest BCUT2D eigenvalue weighted by molar-refractivity contribution is 7.99. The SMILES string of the molecule is COc1ccccc1OCCn1c(SC2OC(COC(C)=O)C(OC(C)=O)C(OC(C)=O)C2OC(C)=O)nc2ccccc21. The van der Waals surface area contributed by atoms with Gasteiger partial charge in [0.05, 0.1) is 24.7 Å². The Hall–Kier alpha value is -4.30. The molecule has 1 saturated heterocycles. The third kappa shape index (κ3) is 8.20. The van der Waals surface area contributed by atoms with E-state index in [9.17, 15) is 19.2 Å². The molecule has 1 aliphatic heterocycles. The summed E-state index contributed by atoms with van der Waals surface area (Å²) >= 11 is 1.11. The van der Waals surface area contributed by atoms with E-state index in [4.69, 9.17) is 38.1 Å². The van der Waals surface area contributed by atoms with Crippen LogP contribution < -0.4 is 9.47 Å². The quantitative estimate of drug-likeness (QED) is 0.213. The highest BCUT2D eigenvalue weighted by Gasteiger charge is 2.52. The number of aromatic nitrogens is 2. The predicted molar refractivity (Wildman–Crippen MR) is 156 cm³/mol. The lowest BCUT2D eigenvalue weighted by Crippen LogP contribution is -2.61. The maximum Gasteiger partial charge on any atom is 0.303 e. The zero-order valence-electron chi connectivity index (χ0n) is 24.9. The summed E-state index contributed by atoms with van der Waals surface area (Å²) in [6, 6.07) is 14.8. The van der Waals surface area contributed by atoms with Crippen LogP contribution in [0.1, 0.15) is 27.7 Å². The van der Waals surface area contributed by atoms with E-state index in [0.29, 0.717) is 28.7 Å². The van der Waals surface area contributed by atoms with Gasteiger partial charge in [0.25, 0.3) is 0 Å². The first-order chi connectivity index (χ1) is 21.1. The van der Waals surface area contributed by atoms with Gasteiger partial charge in [-0.3, -0.25) is 19.2 Å². The molecule has 3 aromatic rings. The van der Waals surface area contributed by atoms with Gasteiger partial charge in [-0.2, -0.15) is 0 Å². The topological polar surface area (TPSA) is 151 Å². The maximum absolute atomic E-state index is 12.3. The average molecular weight is 631 g/mol. The highest BCUT2D eigenvalue weighted by Crippen LogP contribution is 2.38. The Kier molecular flexibility index (Phi) is 11.1. The summed E-state index contributed by atoms with van der Waals surface area (Å²) in [6.45, 7) is 5.07. The van der Waals surface area contributed by atoms with E-state index in [1.807, 2.05) is 41.0 Å². The average Bonchev–Trinajstić information content (AvgIpc) is 3.31. The Morgan fingerprint density at radius 2 is 1.43 bits per heavy atom. The largest absolute Gasteiger partial charge is 0.493 e. The van der Waals surface area contributed by atoms with Gasteiger partial charge in [-0.25, -0.2) is 4.98 Å². The number of methoxy groups -OCH3 is 1. The number of rotatable bonds is 12. The molecular formula is C30H34N2O11S. The summed E-state index contributed by atoms with van der Waals surface area (Å²) in [6.07, 6.45) is -4.82. The number of thioether (sulfide) groups is 1. The second-order valence-electron chi connectivity index (χ2n) is 9.72. The van der Waals surface area contributed by atoms with Gasteiger partial charge in [0, 0.05) is 27.7 Å². The number of imidazole rings is 1. The number of benzene rings is 2. The molecule has 1 aliphatic rings. The number of carbonyl (C=O) groups excluding carboxylic acids is 4. The molecule has 0 saturated carbocycles. The number of nitrogens with zero attached hydrogens (tertiary/aromatic N) is 2. The molecule has 2 aromatic carbocycles. The highest BCUT2D eigenvalue weighted by atomic mass is 32.2. The van der Waals surface area contributed by atoms with Crippen molar-refractivity contribution in [3.8, 4) is 11.5 Å². The lowest BCUT2D eigenvalue weighted by Gasteiger charge is -2.44. The molecule has 44 heavy (non-hydrogen) atoms. The van der Waals surface area contributed by atoms with Crippen molar-refractivity contribution in [2.75, 3.05) is 20.3 Å². The smallest absolute Gasteiger partial charge is 0.303 e. The zero-order chi connectivity index (χ0) is 31.8. The lowest BCUT2D eigenvalue weighted by atomic mass is 9.99. The second kappa shape index (κ2) is 14.9. The van der Waals surface area contributed by atoms with Crippen LogP contribution in [0, 0.1) is 0 Å². The number of hydrogen-bond donors (Lipinski definition) is 0. The van der Waals surface area contributed by atoms with Crippen molar-refractivity contribution >= 4 is 46.7 Å². The van der Waals surface area contributed by atoms with Crippen molar-refractivity contribution in [2.24, 2.45) is 0 Å². The maximum atomic E-state index is 12.3. The molecule has 4 rings (SSSR count). The minimum atomic E-state index is -1.28. The first kappa shape index (κ1) is 32.6. The van der Waals surface area contributed by atoms with Crippen LogP contribution in [0.25, 0.3) is 11.0 Å². The predicted octanol–water partition coefficient (Wildman–Crippen LogP) is 3.30. The molecule has 2 heterocycles. The van der Waals surface area contributed by atoms with E-state index >= 15 is 0 Å². The number of carbonyl (C=O) groups is 4. The summed E-state index contributed by atoms with van der Waals surface area (Å²) in [5.41, 5.74) is 0.475. The van der Waals surface area contributed by atoms with Gasteiger partial charge in [0.15, 0.2) is 40.4 Å². The molecule has 0 amide bonds. The van der Waals surface area contributed by atoms with Gasteiger partial charge in [-0.05, 0) is 24.3 Å². The van der Waals surface area contributed by atoms with E-state index in [2.05, 4.69) is 0 Å². The standard InChI is InChI=1S/C30H34N2O11S/c1-17(33)39-16-25-26(40-18(2)34)27(41-19(3)35)28(42-20(4)36)29(43-25)44-30-31-21-10-6-7-11-22(21)32(30)14-15-38-24-13-9-8-12-23(24)37-5/h6-13,25-29H,14-16H2,1-5H3. The van der Waals surface area contributed by atoms with Crippen LogP contribution in [0.3, 0.4) is 0 Å². The third-order valence-corrected chi connectivity index (χ3v) is 7.56. The van der Waals surface area contributed by atoms with Gasteiger partial charge in [-0.1, -0.05) is 36.0 Å². The van der Waals surface area contributed by atoms with E-state index in [1.54, 1.807) is 19.2 Å². The molecule has 1 aromatic heterocycles. The molecular weight excluding hydrogens is 596 g/mol. The van der Waals surface area contributed by atoms with Gasteiger partial charge >= 0.3 is 23.9 Å². The molecule has 0 aliphatic carbocycles. The van der Waals surface area contributed by atoms with Crippen molar-refractivity contribution in [2.45, 2.75) is 69.2 Å².